The summed E-state index contributed by atoms with van der Waals surface area (Å²) in [6, 6.07) is 13.6. The summed E-state index contributed by atoms with van der Waals surface area (Å²) in [5, 5.41) is 5.87. The average Bonchev–Trinajstić information content (AvgIpc) is 3.34. The molecule has 0 unspecified atom stereocenters. The summed E-state index contributed by atoms with van der Waals surface area (Å²) in [7, 11) is 3.24. The summed E-state index contributed by atoms with van der Waals surface area (Å²) in [5.74, 6) is 1.49. The summed E-state index contributed by atoms with van der Waals surface area (Å²) in [5.41, 5.74) is 3.76. The van der Waals surface area contributed by atoms with Crippen molar-refractivity contribution in [3.8, 4) is 11.5 Å². The van der Waals surface area contributed by atoms with E-state index in [1.165, 1.54) is 16.9 Å². The van der Waals surface area contributed by atoms with Crippen LogP contribution in [-0.4, -0.2) is 31.7 Å². The molecule has 6 nitrogen and oxygen atoms in total. The lowest BCUT2D eigenvalue weighted by molar-refractivity contribution is -0.117. The highest BCUT2D eigenvalue weighted by Gasteiger charge is 2.24. The fraction of sp³-hybridized carbons (Fsp3) is 0.238. The van der Waals surface area contributed by atoms with Crippen LogP contribution in [0.3, 0.4) is 0 Å². The molecule has 0 saturated heterocycles. The predicted molar refractivity (Wildman–Crippen MR) is 111 cm³/mol. The molecule has 1 amide bonds. The van der Waals surface area contributed by atoms with Crippen LogP contribution in [0.1, 0.15) is 11.3 Å². The Morgan fingerprint density at radius 2 is 2.07 bits per heavy atom. The monoisotopic (exact) mass is 395 g/mol. The molecule has 2 aromatic carbocycles. The standard InChI is InChI=1S/C21H21N3O3S/c1-26-16-7-8-19(27-2)17(12-16)23-21-22-15(13-28-21)11-20(25)24-10-9-14-5-3-4-6-18(14)24/h3-8,12-13H,9-11H2,1-2H3,(H,22,23). The molecule has 3 aromatic rings. The van der Waals surface area contributed by atoms with Crippen LogP contribution >= 0.6 is 11.3 Å². The lowest BCUT2D eigenvalue weighted by Gasteiger charge is -2.16. The zero-order valence-corrected chi connectivity index (χ0v) is 16.6. The van der Waals surface area contributed by atoms with Crippen molar-refractivity contribution in [2.24, 2.45) is 0 Å². The van der Waals surface area contributed by atoms with Crippen LogP contribution < -0.4 is 19.7 Å². The molecule has 0 bridgehead atoms. The van der Waals surface area contributed by atoms with Gasteiger partial charge in [-0.2, -0.15) is 0 Å². The van der Waals surface area contributed by atoms with Gasteiger partial charge in [0.05, 0.1) is 32.0 Å². The van der Waals surface area contributed by atoms with Gasteiger partial charge in [0.1, 0.15) is 11.5 Å². The third-order valence-corrected chi connectivity index (χ3v) is 5.53. The van der Waals surface area contributed by atoms with E-state index in [-0.39, 0.29) is 12.3 Å². The number of hydrogen-bond acceptors (Lipinski definition) is 6. The third-order valence-electron chi connectivity index (χ3n) is 4.72. The summed E-state index contributed by atoms with van der Waals surface area (Å²) < 4.78 is 10.7. The Kier molecular flexibility index (Phi) is 5.16. The highest BCUT2D eigenvalue weighted by Crippen LogP contribution is 2.33. The zero-order chi connectivity index (χ0) is 19.5. The second kappa shape index (κ2) is 7.90. The number of methoxy groups -OCH3 is 2. The third kappa shape index (κ3) is 3.66. The second-order valence-corrected chi connectivity index (χ2v) is 7.29. The number of rotatable bonds is 6. The van der Waals surface area contributed by atoms with E-state index >= 15 is 0 Å². The topological polar surface area (TPSA) is 63.7 Å². The number of ether oxygens (including phenoxy) is 2. The number of carbonyl (C=O) groups excluding carboxylic acids is 1. The lowest BCUT2D eigenvalue weighted by atomic mass is 10.2. The Morgan fingerprint density at radius 1 is 1.21 bits per heavy atom. The van der Waals surface area contributed by atoms with Crippen LogP contribution in [0.15, 0.2) is 47.8 Å². The molecule has 1 aromatic heterocycles. The van der Waals surface area contributed by atoms with E-state index in [9.17, 15) is 4.79 Å². The van der Waals surface area contributed by atoms with E-state index in [1.807, 2.05) is 46.7 Å². The first-order valence-electron chi connectivity index (χ1n) is 8.99. The Morgan fingerprint density at radius 3 is 2.89 bits per heavy atom. The Labute approximate surface area is 167 Å². The normalized spacial score (nSPS) is 12.6. The minimum absolute atomic E-state index is 0.0701. The molecule has 0 aliphatic carbocycles. The molecule has 144 valence electrons. The first-order chi connectivity index (χ1) is 13.7. The molecule has 1 aliphatic rings. The second-order valence-electron chi connectivity index (χ2n) is 6.44. The number of amides is 1. The van der Waals surface area contributed by atoms with Gasteiger partial charge in [0.25, 0.3) is 0 Å². The van der Waals surface area contributed by atoms with Crippen molar-refractivity contribution >= 4 is 33.8 Å². The van der Waals surface area contributed by atoms with Crippen molar-refractivity contribution in [1.82, 2.24) is 4.98 Å². The van der Waals surface area contributed by atoms with E-state index in [4.69, 9.17) is 9.47 Å². The highest BCUT2D eigenvalue weighted by atomic mass is 32.1. The molecule has 2 heterocycles. The largest absolute Gasteiger partial charge is 0.497 e. The van der Waals surface area contributed by atoms with Gasteiger partial charge in [-0.1, -0.05) is 18.2 Å². The number of nitrogens with one attached hydrogen (secondary N) is 1. The fourth-order valence-corrected chi connectivity index (χ4v) is 4.04. The van der Waals surface area contributed by atoms with Crippen molar-refractivity contribution in [2.45, 2.75) is 12.8 Å². The van der Waals surface area contributed by atoms with E-state index in [2.05, 4.69) is 16.4 Å². The van der Waals surface area contributed by atoms with Gasteiger partial charge in [-0.25, -0.2) is 4.98 Å². The van der Waals surface area contributed by atoms with Crippen LogP contribution in [0.25, 0.3) is 0 Å². The summed E-state index contributed by atoms with van der Waals surface area (Å²) in [6.45, 7) is 0.731. The van der Waals surface area contributed by atoms with Crippen molar-refractivity contribution in [1.29, 1.82) is 0 Å². The molecule has 0 fully saturated rings. The molecule has 0 radical (unpaired) electrons. The SMILES string of the molecule is COc1ccc(OC)c(Nc2nc(CC(=O)N3CCc4ccccc43)cs2)c1. The van der Waals surface area contributed by atoms with Crippen molar-refractivity contribution in [3.63, 3.8) is 0 Å². The Bertz CT molecular complexity index is 1000. The number of thiazole rings is 1. The van der Waals surface area contributed by atoms with Gasteiger partial charge in [0, 0.05) is 23.7 Å². The molecule has 0 saturated carbocycles. The summed E-state index contributed by atoms with van der Waals surface area (Å²) in [4.78, 5) is 19.2. The van der Waals surface area contributed by atoms with Crippen molar-refractivity contribution in [2.75, 3.05) is 31.0 Å². The van der Waals surface area contributed by atoms with Crippen LogP contribution in [0, 0.1) is 0 Å². The molecule has 0 spiro atoms. The smallest absolute Gasteiger partial charge is 0.233 e. The number of carbonyl (C=O) groups is 1. The van der Waals surface area contributed by atoms with Gasteiger partial charge >= 0.3 is 0 Å². The Hall–Kier alpha value is -3.06. The molecule has 7 heteroatoms. The van der Waals surface area contributed by atoms with Gasteiger partial charge in [-0.15, -0.1) is 11.3 Å². The van der Waals surface area contributed by atoms with Gasteiger partial charge < -0.3 is 19.7 Å². The van der Waals surface area contributed by atoms with Crippen LogP contribution in [0.5, 0.6) is 11.5 Å². The number of anilines is 3. The first-order valence-corrected chi connectivity index (χ1v) is 9.87. The number of fused-ring (bicyclic) bond motifs is 1. The number of para-hydroxylation sites is 1. The molecule has 1 N–H and O–H groups in total. The highest BCUT2D eigenvalue weighted by molar-refractivity contribution is 7.13. The molecular formula is C21H21N3O3S. The summed E-state index contributed by atoms with van der Waals surface area (Å²) in [6.07, 6.45) is 1.18. The molecular weight excluding hydrogens is 374 g/mol. The number of aromatic nitrogens is 1. The van der Waals surface area contributed by atoms with Gasteiger partial charge in [0.15, 0.2) is 5.13 Å². The maximum Gasteiger partial charge on any atom is 0.233 e. The number of benzene rings is 2. The van der Waals surface area contributed by atoms with Crippen LogP contribution in [0.4, 0.5) is 16.5 Å². The average molecular weight is 395 g/mol. The Balaban J connectivity index is 1.46. The minimum Gasteiger partial charge on any atom is -0.497 e. The van der Waals surface area contributed by atoms with E-state index in [1.54, 1.807) is 14.2 Å². The van der Waals surface area contributed by atoms with Crippen LogP contribution in [0.2, 0.25) is 0 Å². The lowest BCUT2D eigenvalue weighted by Crippen LogP contribution is -2.30. The van der Waals surface area contributed by atoms with Gasteiger partial charge in [0.2, 0.25) is 5.91 Å². The minimum atomic E-state index is 0.0701. The molecule has 28 heavy (non-hydrogen) atoms. The molecule has 0 atom stereocenters. The van der Waals surface area contributed by atoms with Crippen LogP contribution in [-0.2, 0) is 17.6 Å². The summed E-state index contributed by atoms with van der Waals surface area (Å²) >= 11 is 1.46. The van der Waals surface area contributed by atoms with E-state index < -0.39 is 0 Å². The number of hydrogen-bond donors (Lipinski definition) is 1. The van der Waals surface area contributed by atoms with Gasteiger partial charge in [-0.3, -0.25) is 4.79 Å². The number of nitrogens with zero attached hydrogens (tertiary/aromatic N) is 2. The van der Waals surface area contributed by atoms with Crippen molar-refractivity contribution in [3.05, 3.63) is 59.1 Å². The molecule has 1 aliphatic heterocycles. The first kappa shape index (κ1) is 18.3. The fourth-order valence-electron chi connectivity index (χ4n) is 3.32. The molecule has 4 rings (SSSR count). The van der Waals surface area contributed by atoms with Gasteiger partial charge in [-0.05, 0) is 30.2 Å². The van der Waals surface area contributed by atoms with Crippen molar-refractivity contribution < 1.29 is 14.3 Å². The maximum absolute atomic E-state index is 12.8. The van der Waals surface area contributed by atoms with E-state index in [0.717, 1.165) is 35.8 Å². The maximum atomic E-state index is 12.8. The predicted octanol–water partition coefficient (Wildman–Crippen LogP) is 4.04. The zero-order valence-electron chi connectivity index (χ0n) is 15.8. The van der Waals surface area contributed by atoms with E-state index in [0.29, 0.717) is 10.9 Å². The quantitative estimate of drug-likeness (QED) is 0.683.